The lowest BCUT2D eigenvalue weighted by atomic mass is 9.90. The van der Waals surface area contributed by atoms with Gasteiger partial charge in [-0.1, -0.05) is 0 Å². The molecule has 1 amide bonds. The molecule has 39 heavy (non-hydrogen) atoms. The summed E-state index contributed by atoms with van der Waals surface area (Å²) in [5, 5.41) is 0. The Morgan fingerprint density at radius 2 is 1.64 bits per heavy atom. The Morgan fingerprint density at radius 3 is 2.21 bits per heavy atom. The molecule has 9 nitrogen and oxygen atoms in total. The Hall–Kier alpha value is -2.47. The van der Waals surface area contributed by atoms with Gasteiger partial charge in [0.15, 0.2) is 17.4 Å². The van der Waals surface area contributed by atoms with Crippen molar-refractivity contribution in [2.75, 3.05) is 45.1 Å². The van der Waals surface area contributed by atoms with Crippen molar-refractivity contribution < 1.29 is 41.0 Å². The van der Waals surface area contributed by atoms with Gasteiger partial charge in [0.25, 0.3) is 0 Å². The minimum absolute atomic E-state index is 0.0470. The van der Waals surface area contributed by atoms with E-state index in [1.54, 1.807) is 4.90 Å². The molecule has 0 N–H and O–H groups in total. The lowest BCUT2D eigenvalue weighted by Crippen LogP contribution is -2.41. The van der Waals surface area contributed by atoms with Crippen molar-refractivity contribution in [3.05, 3.63) is 29.3 Å². The van der Waals surface area contributed by atoms with E-state index < -0.39 is 33.4 Å². The molecule has 2 heterocycles. The largest absolute Gasteiger partial charge is 0.487 e. The van der Waals surface area contributed by atoms with Gasteiger partial charge in [0.05, 0.1) is 19.0 Å². The number of amides is 1. The third kappa shape index (κ3) is 8.03. The first kappa shape index (κ1) is 29.5. The summed E-state index contributed by atoms with van der Waals surface area (Å²) >= 11 is 0. The topological polar surface area (TPSA) is 102 Å². The number of likely N-dealkylation sites (tertiary alicyclic amines) is 1. The number of carbonyl (C=O) groups is 2. The number of halogens is 2. The molecule has 2 saturated heterocycles. The number of rotatable bonds is 10. The van der Waals surface area contributed by atoms with Gasteiger partial charge in [-0.05, 0) is 81.4 Å². The number of carbonyl (C=O) groups excluding carboxylic acids is 2. The van der Waals surface area contributed by atoms with E-state index in [0.717, 1.165) is 12.8 Å². The maximum Gasteiger partial charge on any atom is 0.410 e. The quantitative estimate of drug-likeness (QED) is 0.306. The van der Waals surface area contributed by atoms with Crippen molar-refractivity contribution in [1.29, 1.82) is 0 Å². The van der Waals surface area contributed by atoms with Crippen LogP contribution in [0.3, 0.4) is 0 Å². The molecule has 1 aliphatic carbocycles. The molecule has 12 heteroatoms. The summed E-state index contributed by atoms with van der Waals surface area (Å²) in [7, 11) is -3.50. The van der Waals surface area contributed by atoms with Gasteiger partial charge >= 0.3 is 12.1 Å². The summed E-state index contributed by atoms with van der Waals surface area (Å²) in [5.41, 5.74) is 0.167. The van der Waals surface area contributed by atoms with Crippen LogP contribution in [0.1, 0.15) is 70.3 Å². The van der Waals surface area contributed by atoms with E-state index in [1.165, 1.54) is 23.4 Å². The number of benzene rings is 1. The molecule has 1 aromatic carbocycles. The van der Waals surface area contributed by atoms with Gasteiger partial charge in [0.1, 0.15) is 5.60 Å². The van der Waals surface area contributed by atoms with Crippen molar-refractivity contribution in [2.45, 2.75) is 70.3 Å². The van der Waals surface area contributed by atoms with Crippen molar-refractivity contribution in [3.8, 4) is 5.75 Å². The molecule has 0 spiro atoms. The van der Waals surface area contributed by atoms with Crippen LogP contribution in [0.25, 0.3) is 0 Å². The first-order chi connectivity index (χ1) is 18.5. The Bertz CT molecular complexity index is 1120. The third-order valence-corrected chi connectivity index (χ3v) is 9.77. The lowest BCUT2D eigenvalue weighted by Gasteiger charge is -2.32. The summed E-state index contributed by atoms with van der Waals surface area (Å²) < 4.78 is 72.1. The average Bonchev–Trinajstić information content (AvgIpc) is 3.62. The van der Waals surface area contributed by atoms with E-state index in [1.807, 2.05) is 6.92 Å². The number of sulfonamides is 1. The lowest BCUT2D eigenvalue weighted by molar-refractivity contribution is -0.140. The fourth-order valence-electron chi connectivity index (χ4n) is 5.04. The average molecular weight is 573 g/mol. The Balaban J connectivity index is 1.23. The Morgan fingerprint density at radius 1 is 1.03 bits per heavy atom. The third-order valence-electron chi connectivity index (χ3n) is 7.82. The highest BCUT2D eigenvalue weighted by Gasteiger charge is 2.43. The van der Waals surface area contributed by atoms with E-state index in [-0.39, 0.29) is 62.0 Å². The molecular formula is C27H38F2N2O7S. The van der Waals surface area contributed by atoms with Gasteiger partial charge in [-0.3, -0.25) is 4.79 Å². The van der Waals surface area contributed by atoms with Crippen molar-refractivity contribution >= 4 is 22.1 Å². The maximum absolute atomic E-state index is 14.9. The maximum atomic E-state index is 14.9. The smallest absolute Gasteiger partial charge is 0.410 e. The molecule has 0 atom stereocenters. The van der Waals surface area contributed by atoms with Crippen LogP contribution < -0.4 is 4.74 Å². The number of esters is 1. The van der Waals surface area contributed by atoms with Crippen LogP contribution in [-0.2, 0) is 24.3 Å². The monoisotopic (exact) mass is 572 g/mol. The molecule has 0 bridgehead atoms. The minimum Gasteiger partial charge on any atom is -0.487 e. The van der Waals surface area contributed by atoms with E-state index in [2.05, 4.69) is 0 Å². The first-order valence-electron chi connectivity index (χ1n) is 13.7. The molecule has 0 unspecified atom stereocenters. The van der Waals surface area contributed by atoms with E-state index in [0.29, 0.717) is 44.3 Å². The first-order valence-corrected chi connectivity index (χ1v) is 15.3. The molecule has 0 aromatic heterocycles. The molecule has 2 aliphatic heterocycles. The van der Waals surface area contributed by atoms with Gasteiger partial charge in [-0.15, -0.1) is 0 Å². The Labute approximate surface area is 228 Å². The van der Waals surface area contributed by atoms with Crippen LogP contribution >= 0.6 is 0 Å². The number of hydrogen-bond donors (Lipinski definition) is 0. The van der Waals surface area contributed by atoms with Gasteiger partial charge in [0, 0.05) is 33.1 Å². The second-order valence-corrected chi connectivity index (χ2v) is 13.1. The summed E-state index contributed by atoms with van der Waals surface area (Å²) in [6.45, 7) is 4.95. The molecule has 218 valence electrons. The zero-order valence-corrected chi connectivity index (χ0v) is 23.4. The van der Waals surface area contributed by atoms with Crippen LogP contribution in [-0.4, -0.2) is 80.4 Å². The molecule has 0 radical (unpaired) electrons. The fourth-order valence-corrected chi connectivity index (χ4v) is 6.55. The SMILES string of the molecule is CC(=O)OCCCS(=O)(=O)N1CCC(c2cc(F)c(OCC3CCN(C(=O)OC4(C)CC4)CC3)c(F)c2)CC1. The summed E-state index contributed by atoms with van der Waals surface area (Å²) in [6.07, 6.45) is 3.91. The second-order valence-electron chi connectivity index (χ2n) is 11.1. The molecule has 1 aromatic rings. The summed E-state index contributed by atoms with van der Waals surface area (Å²) in [6, 6.07) is 2.56. The number of piperidine rings is 2. The van der Waals surface area contributed by atoms with Crippen LogP contribution in [0, 0.1) is 17.6 Å². The molecule has 3 fully saturated rings. The fraction of sp³-hybridized carbons (Fsp3) is 0.704. The van der Waals surface area contributed by atoms with E-state index in [9.17, 15) is 26.8 Å². The van der Waals surface area contributed by atoms with Gasteiger partial charge in [0.2, 0.25) is 10.0 Å². The van der Waals surface area contributed by atoms with E-state index >= 15 is 0 Å². The zero-order chi connectivity index (χ0) is 28.2. The summed E-state index contributed by atoms with van der Waals surface area (Å²) in [5.74, 6) is -2.63. The standard InChI is InChI=1S/C27H38F2N2O7S/c1-19(32)36-14-3-15-39(34,35)31-12-6-21(7-13-31)22-16-23(28)25(24(29)17-22)37-18-20-4-10-30(11-5-20)26(33)38-27(2)8-9-27/h16-17,20-21H,3-15,18H2,1-2H3. The van der Waals surface area contributed by atoms with Gasteiger partial charge < -0.3 is 19.1 Å². The molecule has 3 aliphatic rings. The highest BCUT2D eigenvalue weighted by molar-refractivity contribution is 7.89. The molecule has 4 rings (SSSR count). The van der Waals surface area contributed by atoms with Crippen molar-refractivity contribution in [1.82, 2.24) is 9.21 Å². The molecule has 1 saturated carbocycles. The van der Waals surface area contributed by atoms with Crippen molar-refractivity contribution in [2.24, 2.45) is 5.92 Å². The van der Waals surface area contributed by atoms with Gasteiger partial charge in [-0.25, -0.2) is 26.3 Å². The molecular weight excluding hydrogens is 534 g/mol. The van der Waals surface area contributed by atoms with Crippen molar-refractivity contribution in [3.63, 3.8) is 0 Å². The predicted molar refractivity (Wildman–Crippen MR) is 139 cm³/mol. The second kappa shape index (κ2) is 12.4. The van der Waals surface area contributed by atoms with Gasteiger partial charge in [-0.2, -0.15) is 0 Å². The number of ether oxygens (including phenoxy) is 3. The highest BCUT2D eigenvalue weighted by atomic mass is 32.2. The van der Waals surface area contributed by atoms with Crippen LogP contribution in [0.5, 0.6) is 5.75 Å². The number of nitrogens with zero attached hydrogens (tertiary/aromatic N) is 2. The van der Waals surface area contributed by atoms with Crippen LogP contribution in [0.2, 0.25) is 0 Å². The van der Waals surface area contributed by atoms with Crippen LogP contribution in [0.4, 0.5) is 13.6 Å². The number of hydrogen-bond acceptors (Lipinski definition) is 7. The summed E-state index contributed by atoms with van der Waals surface area (Å²) in [4.78, 5) is 24.8. The zero-order valence-electron chi connectivity index (χ0n) is 22.6. The van der Waals surface area contributed by atoms with E-state index in [4.69, 9.17) is 14.2 Å². The predicted octanol–water partition coefficient (Wildman–Crippen LogP) is 4.21. The highest BCUT2D eigenvalue weighted by Crippen LogP contribution is 2.39. The normalized spacial score (nSPS) is 20.5. The van der Waals surface area contributed by atoms with Crippen LogP contribution in [0.15, 0.2) is 12.1 Å². The minimum atomic E-state index is -3.50. The Kier molecular flexibility index (Phi) is 9.36.